The summed E-state index contributed by atoms with van der Waals surface area (Å²) in [5, 5.41) is 0. The minimum absolute atomic E-state index is 0.854. The van der Waals surface area contributed by atoms with Crippen LogP contribution in [-0.2, 0) is 6.42 Å². The summed E-state index contributed by atoms with van der Waals surface area (Å²) in [5.74, 6) is 0.854. The molecule has 0 fully saturated rings. The van der Waals surface area contributed by atoms with Gasteiger partial charge < -0.3 is 4.74 Å². The Morgan fingerprint density at radius 3 is 2.18 bits per heavy atom. The van der Waals surface area contributed by atoms with Crippen LogP contribution in [0.15, 0.2) is 60.7 Å². The molecule has 0 bridgehead atoms. The van der Waals surface area contributed by atoms with E-state index in [1.54, 1.807) is 7.11 Å². The highest BCUT2D eigenvalue weighted by Gasteiger charge is 2.16. The van der Waals surface area contributed by atoms with Crippen molar-refractivity contribution in [2.75, 3.05) is 7.11 Å². The van der Waals surface area contributed by atoms with Gasteiger partial charge in [-0.3, -0.25) is 0 Å². The molecule has 2 aromatic carbocycles. The second kappa shape index (κ2) is 10.2. The van der Waals surface area contributed by atoms with Crippen LogP contribution in [0.2, 0.25) is 0 Å². The Balaban J connectivity index is 1.41. The first-order valence-corrected chi connectivity index (χ1v) is 13.7. The van der Waals surface area contributed by atoms with Crippen LogP contribution in [0.5, 0.6) is 5.75 Å². The zero-order chi connectivity index (χ0) is 22.6. The van der Waals surface area contributed by atoms with Crippen molar-refractivity contribution in [1.29, 1.82) is 0 Å². The minimum atomic E-state index is 0.854. The van der Waals surface area contributed by atoms with Gasteiger partial charge in [0.05, 0.1) is 18.8 Å². The maximum absolute atomic E-state index is 5.30. The van der Waals surface area contributed by atoms with Gasteiger partial charge in [-0.15, -0.1) is 22.7 Å². The zero-order valence-corrected chi connectivity index (χ0v) is 21.3. The first kappa shape index (κ1) is 22.3. The van der Waals surface area contributed by atoms with E-state index in [1.165, 1.54) is 63.3 Å². The van der Waals surface area contributed by atoms with E-state index < -0.39 is 0 Å². The van der Waals surface area contributed by atoms with E-state index >= 15 is 0 Å². The summed E-state index contributed by atoms with van der Waals surface area (Å²) in [7, 11) is 1.69. The predicted octanol–water partition coefficient (Wildman–Crippen LogP) is 8.95. The molecule has 3 aromatic heterocycles. The highest BCUT2D eigenvalue weighted by Crippen LogP contribution is 2.41. The van der Waals surface area contributed by atoms with Crippen LogP contribution in [0.1, 0.15) is 37.5 Å². The van der Waals surface area contributed by atoms with Gasteiger partial charge in [0, 0.05) is 30.6 Å². The molecule has 168 valence electrons. The van der Waals surface area contributed by atoms with Crippen LogP contribution in [0.25, 0.3) is 42.4 Å². The number of hydrogen-bond donors (Lipinski definition) is 0. The van der Waals surface area contributed by atoms with Gasteiger partial charge in [-0.2, -0.15) is 8.75 Å². The maximum atomic E-state index is 5.30. The summed E-state index contributed by atoms with van der Waals surface area (Å²) < 4.78 is 14.6. The van der Waals surface area contributed by atoms with E-state index in [2.05, 4.69) is 64.2 Å². The lowest BCUT2D eigenvalue weighted by Gasteiger charge is -2.06. The number of rotatable bonds is 9. The summed E-state index contributed by atoms with van der Waals surface area (Å²) in [4.78, 5) is 5.41. The monoisotopic (exact) mass is 490 g/mol. The molecule has 0 atom stereocenters. The van der Waals surface area contributed by atoms with E-state index in [0.29, 0.717) is 0 Å². The molecule has 0 radical (unpaired) electrons. The Morgan fingerprint density at radius 2 is 1.39 bits per heavy atom. The quantitative estimate of drug-likeness (QED) is 0.193. The lowest BCUT2D eigenvalue weighted by atomic mass is 10.0. The Hall–Kier alpha value is -2.54. The van der Waals surface area contributed by atoms with Crippen molar-refractivity contribution in [2.24, 2.45) is 0 Å². The van der Waals surface area contributed by atoms with Gasteiger partial charge in [0.25, 0.3) is 0 Å². The van der Waals surface area contributed by atoms with Crippen molar-refractivity contribution in [3.8, 4) is 37.1 Å². The lowest BCUT2D eigenvalue weighted by Crippen LogP contribution is -1.85. The van der Waals surface area contributed by atoms with E-state index in [9.17, 15) is 0 Å². The molecule has 33 heavy (non-hydrogen) atoms. The first-order chi connectivity index (χ1) is 16.3. The molecule has 0 amide bonds. The second-order valence-electron chi connectivity index (χ2n) is 8.09. The fourth-order valence-electron chi connectivity index (χ4n) is 4.05. The topological polar surface area (TPSA) is 35.0 Å². The number of fused-ring (bicyclic) bond motifs is 1. The minimum Gasteiger partial charge on any atom is -0.497 e. The third kappa shape index (κ3) is 4.74. The van der Waals surface area contributed by atoms with Crippen LogP contribution >= 0.6 is 34.4 Å². The normalized spacial score (nSPS) is 11.3. The number of hydrogen-bond acceptors (Lipinski definition) is 6. The van der Waals surface area contributed by atoms with Gasteiger partial charge in [0.2, 0.25) is 0 Å². The standard InChI is InChI=1S/C27H26N2OS3/c1-3-4-5-6-7-20-12-15-24(31-20)25-17-16-23(32-25)22-14-13-21(26-27(22)29-33-28-26)18-8-10-19(30-2)11-9-18/h8-17H,3-7H2,1-2H3. The zero-order valence-electron chi connectivity index (χ0n) is 18.8. The molecule has 0 aliphatic carbocycles. The number of aryl methyl sites for hydroxylation is 1. The predicted molar refractivity (Wildman–Crippen MR) is 144 cm³/mol. The summed E-state index contributed by atoms with van der Waals surface area (Å²) in [6.45, 7) is 2.26. The Kier molecular flexibility index (Phi) is 6.85. The van der Waals surface area contributed by atoms with Gasteiger partial charge in [-0.25, -0.2) is 0 Å². The maximum Gasteiger partial charge on any atom is 0.118 e. The Labute approximate surface area is 207 Å². The van der Waals surface area contributed by atoms with Gasteiger partial charge >= 0.3 is 0 Å². The van der Waals surface area contributed by atoms with Crippen molar-refractivity contribution in [3.63, 3.8) is 0 Å². The number of nitrogens with zero attached hydrogens (tertiary/aromatic N) is 2. The molecule has 3 nitrogen and oxygen atoms in total. The van der Waals surface area contributed by atoms with Crippen LogP contribution < -0.4 is 4.74 Å². The largest absolute Gasteiger partial charge is 0.497 e. The van der Waals surface area contributed by atoms with E-state index in [0.717, 1.165) is 33.5 Å². The Morgan fingerprint density at radius 1 is 0.697 bits per heavy atom. The molecule has 6 heteroatoms. The SMILES string of the molecule is CCCCCCc1ccc(-c2ccc(-c3ccc(-c4ccc(OC)cc4)c4nsnc34)s2)s1. The molecule has 0 spiro atoms. The highest BCUT2D eigenvalue weighted by molar-refractivity contribution is 7.24. The highest BCUT2D eigenvalue weighted by atomic mass is 32.1. The number of benzene rings is 2. The molecule has 0 saturated heterocycles. The number of unbranched alkanes of at least 4 members (excludes halogenated alkanes) is 3. The van der Waals surface area contributed by atoms with Gasteiger partial charge in [-0.1, -0.05) is 50.5 Å². The molecule has 3 heterocycles. The van der Waals surface area contributed by atoms with E-state index in [4.69, 9.17) is 4.74 Å². The van der Waals surface area contributed by atoms with Crippen LogP contribution in [0, 0.1) is 0 Å². The van der Waals surface area contributed by atoms with Crippen molar-refractivity contribution < 1.29 is 4.74 Å². The lowest BCUT2D eigenvalue weighted by molar-refractivity contribution is 0.415. The van der Waals surface area contributed by atoms with Crippen molar-refractivity contribution in [2.45, 2.75) is 39.0 Å². The molecule has 0 aliphatic rings. The third-order valence-corrected chi connectivity index (χ3v) is 8.86. The van der Waals surface area contributed by atoms with E-state index in [-0.39, 0.29) is 0 Å². The molecule has 0 N–H and O–H groups in total. The van der Waals surface area contributed by atoms with Gasteiger partial charge in [0.1, 0.15) is 16.8 Å². The van der Waals surface area contributed by atoms with Gasteiger partial charge in [-0.05, 0) is 54.8 Å². The van der Waals surface area contributed by atoms with E-state index in [1.807, 2.05) is 34.8 Å². The van der Waals surface area contributed by atoms with Crippen LogP contribution in [0.4, 0.5) is 0 Å². The first-order valence-electron chi connectivity index (χ1n) is 11.4. The summed E-state index contributed by atoms with van der Waals surface area (Å²) in [6, 6.07) is 21.5. The average Bonchev–Trinajstić information content (AvgIpc) is 3.62. The fourth-order valence-corrected chi connectivity index (χ4v) is 6.80. The third-order valence-electron chi connectivity index (χ3n) is 5.87. The molecule has 5 aromatic rings. The van der Waals surface area contributed by atoms with Crippen LogP contribution in [-0.4, -0.2) is 15.9 Å². The van der Waals surface area contributed by atoms with Crippen LogP contribution in [0.3, 0.4) is 0 Å². The second-order valence-corrected chi connectivity index (χ2v) is 10.9. The van der Waals surface area contributed by atoms with Gasteiger partial charge in [0.15, 0.2) is 0 Å². The summed E-state index contributed by atoms with van der Waals surface area (Å²) in [5.41, 5.74) is 5.32. The fraction of sp³-hybridized carbons (Fsp3) is 0.259. The number of ether oxygens (including phenoxy) is 1. The average molecular weight is 491 g/mol. The Bertz CT molecular complexity index is 1350. The summed E-state index contributed by atoms with van der Waals surface area (Å²) in [6.07, 6.45) is 6.44. The molecule has 0 unspecified atom stereocenters. The smallest absolute Gasteiger partial charge is 0.118 e. The number of thiophene rings is 2. The van der Waals surface area contributed by atoms with Crippen molar-refractivity contribution >= 4 is 45.4 Å². The molecular weight excluding hydrogens is 465 g/mol. The molecule has 0 saturated carbocycles. The molecular formula is C27H26N2OS3. The number of aromatic nitrogens is 2. The van der Waals surface area contributed by atoms with Crippen molar-refractivity contribution in [3.05, 3.63) is 65.5 Å². The summed E-state index contributed by atoms with van der Waals surface area (Å²) >= 11 is 5.05. The molecule has 0 aliphatic heterocycles. The number of methoxy groups -OCH3 is 1. The molecule has 5 rings (SSSR count). The van der Waals surface area contributed by atoms with Crippen molar-refractivity contribution in [1.82, 2.24) is 8.75 Å².